The van der Waals surface area contributed by atoms with Crippen LogP contribution in [0.2, 0.25) is 0 Å². The summed E-state index contributed by atoms with van der Waals surface area (Å²) >= 11 is 0. The first-order valence-electron chi connectivity index (χ1n) is 4.27. The van der Waals surface area contributed by atoms with Gasteiger partial charge in [0, 0.05) is 20.0 Å². The number of nitro groups is 1. The Morgan fingerprint density at radius 3 is 2.27 bits per heavy atom. The van der Waals surface area contributed by atoms with Crippen LogP contribution in [0.4, 0.5) is 5.69 Å². The number of nitrogens with zero attached hydrogens (tertiary/aromatic N) is 1. The molecule has 0 atom stereocenters. The molecule has 0 spiro atoms. The van der Waals surface area contributed by atoms with Gasteiger partial charge in [0.2, 0.25) is 0 Å². The Morgan fingerprint density at radius 2 is 1.87 bits per heavy atom. The van der Waals surface area contributed by atoms with E-state index in [1.54, 1.807) is 19.1 Å². The predicted octanol–water partition coefficient (Wildman–Crippen LogP) is 3.28. The van der Waals surface area contributed by atoms with Gasteiger partial charge in [-0.25, -0.2) is 0 Å². The summed E-state index contributed by atoms with van der Waals surface area (Å²) < 4.78 is 0. The van der Waals surface area contributed by atoms with Crippen LogP contribution < -0.4 is 0 Å². The van der Waals surface area contributed by atoms with Crippen LogP contribution in [0.1, 0.15) is 38.3 Å². The van der Waals surface area contributed by atoms with Gasteiger partial charge in [-0.3, -0.25) is 10.1 Å². The largest absolute Gasteiger partial charge is 0.272 e. The molecule has 0 bridgehead atoms. The molecule has 0 N–H and O–H groups in total. The zero-order valence-corrected chi connectivity index (χ0v) is 8.65. The molecular formula is C11H17BNO2. The average Bonchev–Trinajstić information content (AvgIpc) is 2.04. The molecule has 0 aromatic heterocycles. The van der Waals surface area contributed by atoms with E-state index in [-0.39, 0.29) is 26.5 Å². The van der Waals surface area contributed by atoms with Crippen molar-refractivity contribution < 1.29 is 4.92 Å². The quantitative estimate of drug-likeness (QED) is 0.423. The van der Waals surface area contributed by atoms with Gasteiger partial charge in [0.1, 0.15) is 0 Å². The number of hydrogen-bond acceptors (Lipinski definition) is 2. The standard InChI is InChI=1S/C10H13NO2.CH4.B/c1-7(2)9-5-4-8(3)10(6-9)11(12)13;;/h4-7H,1-3H3;1H4;. The van der Waals surface area contributed by atoms with E-state index < -0.39 is 0 Å². The highest BCUT2D eigenvalue weighted by Crippen LogP contribution is 2.23. The second kappa shape index (κ2) is 6.22. The minimum atomic E-state index is -0.332. The molecule has 0 aliphatic carbocycles. The van der Waals surface area contributed by atoms with E-state index in [0.29, 0.717) is 5.92 Å². The average molecular weight is 206 g/mol. The summed E-state index contributed by atoms with van der Waals surface area (Å²) in [6.45, 7) is 5.80. The van der Waals surface area contributed by atoms with Gasteiger partial charge in [0.05, 0.1) is 4.92 Å². The van der Waals surface area contributed by atoms with Crippen molar-refractivity contribution in [1.82, 2.24) is 0 Å². The Labute approximate surface area is 93.2 Å². The Kier molecular flexibility index (Phi) is 6.69. The van der Waals surface area contributed by atoms with Gasteiger partial charge in [-0.2, -0.15) is 0 Å². The van der Waals surface area contributed by atoms with E-state index in [2.05, 4.69) is 0 Å². The molecule has 81 valence electrons. The third-order valence-corrected chi connectivity index (χ3v) is 2.10. The molecule has 15 heavy (non-hydrogen) atoms. The summed E-state index contributed by atoms with van der Waals surface area (Å²) in [5.41, 5.74) is 1.94. The first kappa shape index (κ1) is 16.1. The SMILES string of the molecule is C.Cc1ccc(C(C)C)cc1[N+](=O)[O-].[B]. The molecule has 0 heterocycles. The lowest BCUT2D eigenvalue weighted by atomic mass is 10.0. The number of nitro benzene ring substituents is 1. The molecule has 0 unspecified atom stereocenters. The first-order valence-corrected chi connectivity index (χ1v) is 4.27. The summed E-state index contributed by atoms with van der Waals surface area (Å²) in [5, 5.41) is 10.6. The van der Waals surface area contributed by atoms with Gasteiger partial charge in [0.25, 0.3) is 5.69 Å². The Balaban J connectivity index is 0. The molecule has 4 heteroatoms. The maximum absolute atomic E-state index is 10.6. The molecule has 1 aromatic carbocycles. The van der Waals surface area contributed by atoms with Gasteiger partial charge in [0.15, 0.2) is 0 Å². The van der Waals surface area contributed by atoms with E-state index >= 15 is 0 Å². The fourth-order valence-electron chi connectivity index (χ4n) is 1.18. The molecule has 3 radical (unpaired) electrons. The Hall–Kier alpha value is -1.32. The third kappa shape index (κ3) is 3.74. The topological polar surface area (TPSA) is 43.1 Å². The molecule has 1 aromatic rings. The van der Waals surface area contributed by atoms with Gasteiger partial charge < -0.3 is 0 Å². The van der Waals surface area contributed by atoms with Crippen LogP contribution in [-0.2, 0) is 0 Å². The fraction of sp³-hybridized carbons (Fsp3) is 0.455. The van der Waals surface area contributed by atoms with Crippen molar-refractivity contribution in [1.29, 1.82) is 0 Å². The van der Waals surface area contributed by atoms with Crippen molar-refractivity contribution in [2.75, 3.05) is 0 Å². The van der Waals surface area contributed by atoms with Gasteiger partial charge in [-0.05, 0) is 18.4 Å². The summed E-state index contributed by atoms with van der Waals surface area (Å²) in [6.07, 6.45) is 0. The second-order valence-corrected chi connectivity index (χ2v) is 3.46. The van der Waals surface area contributed by atoms with Crippen molar-refractivity contribution in [3.05, 3.63) is 39.4 Å². The van der Waals surface area contributed by atoms with E-state index in [4.69, 9.17) is 0 Å². The lowest BCUT2D eigenvalue weighted by Crippen LogP contribution is -1.94. The minimum Gasteiger partial charge on any atom is -0.258 e. The van der Waals surface area contributed by atoms with Crippen LogP contribution in [0.25, 0.3) is 0 Å². The molecule has 0 fully saturated rings. The molecule has 0 saturated carbocycles. The summed E-state index contributed by atoms with van der Waals surface area (Å²) in [7, 11) is 0. The van der Waals surface area contributed by atoms with Crippen molar-refractivity contribution in [3.8, 4) is 0 Å². The van der Waals surface area contributed by atoms with Crippen LogP contribution in [0.15, 0.2) is 18.2 Å². The van der Waals surface area contributed by atoms with Crippen LogP contribution in [-0.4, -0.2) is 13.3 Å². The van der Waals surface area contributed by atoms with Gasteiger partial charge in [-0.15, -0.1) is 0 Å². The summed E-state index contributed by atoms with van der Waals surface area (Å²) in [4.78, 5) is 10.3. The normalized spacial score (nSPS) is 9.07. The van der Waals surface area contributed by atoms with E-state index in [0.717, 1.165) is 11.1 Å². The maximum Gasteiger partial charge on any atom is 0.272 e. The third-order valence-electron chi connectivity index (χ3n) is 2.10. The highest BCUT2D eigenvalue weighted by Gasteiger charge is 2.11. The summed E-state index contributed by atoms with van der Waals surface area (Å²) in [5.74, 6) is 0.333. The number of rotatable bonds is 2. The zero-order valence-electron chi connectivity index (χ0n) is 8.65. The maximum atomic E-state index is 10.6. The fourth-order valence-corrected chi connectivity index (χ4v) is 1.18. The smallest absolute Gasteiger partial charge is 0.258 e. The molecular weight excluding hydrogens is 189 g/mol. The van der Waals surface area contributed by atoms with Crippen LogP contribution in [0.3, 0.4) is 0 Å². The van der Waals surface area contributed by atoms with Crippen LogP contribution in [0, 0.1) is 17.0 Å². The van der Waals surface area contributed by atoms with Gasteiger partial charge >= 0.3 is 0 Å². The predicted molar refractivity (Wildman–Crippen MR) is 64.4 cm³/mol. The van der Waals surface area contributed by atoms with Crippen LogP contribution in [0.5, 0.6) is 0 Å². The highest BCUT2D eigenvalue weighted by molar-refractivity contribution is 5.75. The molecule has 0 amide bonds. The minimum absolute atomic E-state index is 0. The lowest BCUT2D eigenvalue weighted by molar-refractivity contribution is -0.385. The Bertz CT molecular complexity index is 337. The van der Waals surface area contributed by atoms with E-state index in [9.17, 15) is 10.1 Å². The molecule has 0 saturated heterocycles. The van der Waals surface area contributed by atoms with Crippen molar-refractivity contribution >= 4 is 14.1 Å². The number of aryl methyl sites for hydroxylation is 1. The lowest BCUT2D eigenvalue weighted by Gasteiger charge is -2.05. The second-order valence-electron chi connectivity index (χ2n) is 3.46. The summed E-state index contributed by atoms with van der Waals surface area (Å²) in [6, 6.07) is 5.39. The van der Waals surface area contributed by atoms with Gasteiger partial charge in [-0.1, -0.05) is 33.4 Å². The van der Waals surface area contributed by atoms with Crippen molar-refractivity contribution in [3.63, 3.8) is 0 Å². The van der Waals surface area contributed by atoms with Crippen LogP contribution >= 0.6 is 0 Å². The van der Waals surface area contributed by atoms with Crippen molar-refractivity contribution in [2.24, 2.45) is 0 Å². The molecule has 3 nitrogen and oxygen atoms in total. The Morgan fingerprint density at radius 1 is 1.33 bits per heavy atom. The van der Waals surface area contributed by atoms with Crippen molar-refractivity contribution in [2.45, 2.75) is 34.1 Å². The van der Waals surface area contributed by atoms with E-state index in [1.165, 1.54) is 0 Å². The molecule has 0 aliphatic rings. The molecule has 1 rings (SSSR count). The van der Waals surface area contributed by atoms with E-state index in [1.807, 2.05) is 19.9 Å². The monoisotopic (exact) mass is 206 g/mol. The zero-order chi connectivity index (χ0) is 10.0. The molecule has 0 aliphatic heterocycles. The highest BCUT2D eigenvalue weighted by atomic mass is 16.6. The first-order chi connectivity index (χ1) is 6.02. The number of benzene rings is 1. The number of hydrogen-bond donors (Lipinski definition) is 0.